The number of hydrogen-bond acceptors (Lipinski definition) is 3. The lowest BCUT2D eigenvalue weighted by molar-refractivity contribution is 0.185. The van der Waals surface area contributed by atoms with Gasteiger partial charge in [0.2, 0.25) is 0 Å². The molecule has 0 bridgehead atoms. The number of halogens is 1. The molecule has 0 unspecified atom stereocenters. The van der Waals surface area contributed by atoms with E-state index in [4.69, 9.17) is 4.74 Å². The van der Waals surface area contributed by atoms with E-state index in [0.717, 1.165) is 21.3 Å². The van der Waals surface area contributed by atoms with Gasteiger partial charge < -0.3 is 15.2 Å². The van der Waals surface area contributed by atoms with Gasteiger partial charge in [-0.1, -0.05) is 34.1 Å². The molecule has 0 saturated heterocycles. The lowest BCUT2D eigenvalue weighted by atomic mass is 10.1. The van der Waals surface area contributed by atoms with Crippen LogP contribution in [-0.2, 0) is 17.9 Å². The van der Waals surface area contributed by atoms with Crippen molar-refractivity contribution in [2.75, 3.05) is 12.4 Å². The SMILES string of the molecule is COCc1c(Br)cccc1NCc1cccc(O)c1. The molecule has 0 spiro atoms. The molecule has 0 aliphatic carbocycles. The Bertz CT molecular complexity index is 558. The minimum Gasteiger partial charge on any atom is -0.508 e. The fraction of sp³-hybridized carbons (Fsp3) is 0.200. The summed E-state index contributed by atoms with van der Waals surface area (Å²) < 4.78 is 6.23. The molecule has 0 atom stereocenters. The predicted molar refractivity (Wildman–Crippen MR) is 80.3 cm³/mol. The minimum absolute atomic E-state index is 0.283. The molecular weight excluding hydrogens is 306 g/mol. The van der Waals surface area contributed by atoms with Crippen molar-refractivity contribution in [2.24, 2.45) is 0 Å². The van der Waals surface area contributed by atoms with E-state index in [2.05, 4.69) is 21.2 Å². The summed E-state index contributed by atoms with van der Waals surface area (Å²) in [5.41, 5.74) is 3.15. The van der Waals surface area contributed by atoms with Crippen molar-refractivity contribution < 1.29 is 9.84 Å². The highest BCUT2D eigenvalue weighted by molar-refractivity contribution is 9.10. The molecule has 2 N–H and O–H groups in total. The van der Waals surface area contributed by atoms with Gasteiger partial charge in [-0.3, -0.25) is 0 Å². The van der Waals surface area contributed by atoms with Crippen molar-refractivity contribution in [1.82, 2.24) is 0 Å². The minimum atomic E-state index is 0.283. The highest BCUT2D eigenvalue weighted by Crippen LogP contribution is 2.26. The average Bonchev–Trinajstić information content (AvgIpc) is 2.40. The Balaban J connectivity index is 2.13. The van der Waals surface area contributed by atoms with Gasteiger partial charge in [-0.25, -0.2) is 0 Å². The van der Waals surface area contributed by atoms with Crippen molar-refractivity contribution in [1.29, 1.82) is 0 Å². The Hall–Kier alpha value is -1.52. The first-order valence-corrected chi connectivity index (χ1v) is 6.78. The van der Waals surface area contributed by atoms with Gasteiger partial charge in [-0.2, -0.15) is 0 Å². The fourth-order valence-corrected chi connectivity index (χ4v) is 2.36. The van der Waals surface area contributed by atoms with E-state index in [1.165, 1.54) is 0 Å². The maximum Gasteiger partial charge on any atom is 0.115 e. The van der Waals surface area contributed by atoms with Gasteiger partial charge in [0, 0.05) is 29.4 Å². The number of phenolic OH excluding ortho intramolecular Hbond substituents is 1. The van der Waals surface area contributed by atoms with E-state index in [0.29, 0.717) is 13.2 Å². The van der Waals surface area contributed by atoms with Crippen molar-refractivity contribution in [3.63, 3.8) is 0 Å². The molecule has 2 rings (SSSR count). The fourth-order valence-electron chi connectivity index (χ4n) is 1.88. The van der Waals surface area contributed by atoms with Gasteiger partial charge in [0.15, 0.2) is 0 Å². The highest BCUT2D eigenvalue weighted by Gasteiger charge is 2.06. The number of hydrogen-bond donors (Lipinski definition) is 2. The first kappa shape index (κ1) is 13.9. The molecule has 0 aliphatic heterocycles. The quantitative estimate of drug-likeness (QED) is 0.877. The first-order chi connectivity index (χ1) is 9.20. The third-order valence-electron chi connectivity index (χ3n) is 2.80. The summed E-state index contributed by atoms with van der Waals surface area (Å²) in [7, 11) is 1.68. The van der Waals surface area contributed by atoms with Crippen molar-refractivity contribution in [3.8, 4) is 5.75 Å². The molecule has 100 valence electrons. The van der Waals surface area contributed by atoms with Crippen LogP contribution in [0.5, 0.6) is 5.75 Å². The van der Waals surface area contributed by atoms with Crippen LogP contribution in [0, 0.1) is 0 Å². The standard InChI is InChI=1S/C15H16BrNO2/c1-19-10-13-14(16)6-3-7-15(13)17-9-11-4-2-5-12(18)8-11/h2-8,17-18H,9-10H2,1H3. The first-order valence-electron chi connectivity index (χ1n) is 5.99. The van der Waals surface area contributed by atoms with E-state index in [1.807, 2.05) is 30.3 Å². The van der Waals surface area contributed by atoms with Crippen LogP contribution in [0.2, 0.25) is 0 Å². The number of rotatable bonds is 5. The van der Waals surface area contributed by atoms with Gasteiger partial charge in [0.25, 0.3) is 0 Å². The number of anilines is 1. The van der Waals surface area contributed by atoms with Gasteiger partial charge in [0.05, 0.1) is 6.61 Å². The number of benzene rings is 2. The van der Waals surface area contributed by atoms with Crippen LogP contribution in [0.1, 0.15) is 11.1 Å². The molecule has 2 aromatic rings. The van der Waals surface area contributed by atoms with Gasteiger partial charge in [-0.15, -0.1) is 0 Å². The Labute approximate surface area is 121 Å². The zero-order valence-corrected chi connectivity index (χ0v) is 12.3. The lowest BCUT2D eigenvalue weighted by Gasteiger charge is -2.13. The monoisotopic (exact) mass is 321 g/mol. The summed E-state index contributed by atoms with van der Waals surface area (Å²) in [5.74, 6) is 0.283. The van der Waals surface area contributed by atoms with E-state index in [1.54, 1.807) is 19.2 Å². The second-order valence-electron chi connectivity index (χ2n) is 4.22. The van der Waals surface area contributed by atoms with Crippen LogP contribution in [0.15, 0.2) is 46.9 Å². The number of methoxy groups -OCH3 is 1. The topological polar surface area (TPSA) is 41.5 Å². The molecule has 0 radical (unpaired) electrons. The van der Waals surface area contributed by atoms with Crippen LogP contribution in [-0.4, -0.2) is 12.2 Å². The van der Waals surface area contributed by atoms with Crippen LogP contribution in [0.3, 0.4) is 0 Å². The molecule has 0 fully saturated rings. The van der Waals surface area contributed by atoms with Crippen LogP contribution >= 0.6 is 15.9 Å². The molecule has 0 heterocycles. The number of phenols is 1. The smallest absolute Gasteiger partial charge is 0.115 e. The zero-order chi connectivity index (χ0) is 13.7. The average molecular weight is 322 g/mol. The molecular formula is C15H16BrNO2. The summed E-state index contributed by atoms with van der Waals surface area (Å²) in [4.78, 5) is 0. The molecule has 0 amide bonds. The summed E-state index contributed by atoms with van der Waals surface area (Å²) in [6, 6.07) is 13.2. The predicted octanol–water partition coefficient (Wildman–Crippen LogP) is 3.91. The van der Waals surface area contributed by atoms with Crippen molar-refractivity contribution >= 4 is 21.6 Å². The van der Waals surface area contributed by atoms with E-state index in [9.17, 15) is 5.11 Å². The number of ether oxygens (including phenoxy) is 1. The second-order valence-corrected chi connectivity index (χ2v) is 5.08. The molecule has 4 heteroatoms. The lowest BCUT2D eigenvalue weighted by Crippen LogP contribution is -2.03. The summed E-state index contributed by atoms with van der Waals surface area (Å²) in [6.45, 7) is 1.20. The summed E-state index contributed by atoms with van der Waals surface area (Å²) in [6.07, 6.45) is 0. The Morgan fingerprint density at radius 2 is 2.00 bits per heavy atom. The maximum absolute atomic E-state index is 9.44. The Kier molecular flexibility index (Phi) is 4.82. The zero-order valence-electron chi connectivity index (χ0n) is 10.7. The third-order valence-corrected chi connectivity index (χ3v) is 3.54. The largest absolute Gasteiger partial charge is 0.508 e. The van der Waals surface area contributed by atoms with Gasteiger partial charge in [-0.05, 0) is 29.8 Å². The summed E-state index contributed by atoms with van der Waals surface area (Å²) >= 11 is 3.53. The highest BCUT2D eigenvalue weighted by atomic mass is 79.9. The van der Waals surface area contributed by atoms with Crippen LogP contribution < -0.4 is 5.32 Å². The molecule has 0 aliphatic rings. The normalized spacial score (nSPS) is 10.4. The van der Waals surface area contributed by atoms with E-state index in [-0.39, 0.29) is 5.75 Å². The van der Waals surface area contributed by atoms with Crippen LogP contribution in [0.25, 0.3) is 0 Å². The number of nitrogens with one attached hydrogen (secondary N) is 1. The molecule has 3 nitrogen and oxygen atoms in total. The molecule has 2 aromatic carbocycles. The summed E-state index contributed by atoms with van der Waals surface area (Å²) in [5, 5.41) is 12.8. The Morgan fingerprint density at radius 1 is 1.21 bits per heavy atom. The Morgan fingerprint density at radius 3 is 2.74 bits per heavy atom. The van der Waals surface area contributed by atoms with Gasteiger partial charge in [0.1, 0.15) is 5.75 Å². The van der Waals surface area contributed by atoms with Crippen molar-refractivity contribution in [2.45, 2.75) is 13.2 Å². The van der Waals surface area contributed by atoms with Gasteiger partial charge >= 0.3 is 0 Å². The third kappa shape index (κ3) is 3.72. The second kappa shape index (κ2) is 6.59. The molecule has 0 saturated carbocycles. The van der Waals surface area contributed by atoms with E-state index >= 15 is 0 Å². The maximum atomic E-state index is 9.44. The molecule has 0 aromatic heterocycles. The van der Waals surface area contributed by atoms with E-state index < -0.39 is 0 Å². The molecule has 19 heavy (non-hydrogen) atoms. The van der Waals surface area contributed by atoms with Crippen LogP contribution in [0.4, 0.5) is 5.69 Å². The number of aromatic hydroxyl groups is 1. The van der Waals surface area contributed by atoms with Crippen molar-refractivity contribution in [3.05, 3.63) is 58.1 Å².